The number of ether oxygens (including phenoxy) is 1. The van der Waals surface area contributed by atoms with Crippen LogP contribution in [0.15, 0.2) is 24.3 Å². The van der Waals surface area contributed by atoms with Gasteiger partial charge in [-0.2, -0.15) is 0 Å². The maximum atomic E-state index is 11.5. The second kappa shape index (κ2) is 6.25. The number of carbonyl (C=O) groups is 1. The first-order chi connectivity index (χ1) is 8.08. The van der Waals surface area contributed by atoms with Crippen LogP contribution in [-0.2, 0) is 4.79 Å². The van der Waals surface area contributed by atoms with E-state index in [4.69, 9.17) is 10.5 Å². The van der Waals surface area contributed by atoms with Crippen molar-refractivity contribution in [1.82, 2.24) is 5.32 Å². The lowest BCUT2D eigenvalue weighted by atomic mass is 10.0. The highest BCUT2D eigenvalue weighted by molar-refractivity contribution is 5.81. The predicted octanol–water partition coefficient (Wildman–Crippen LogP) is 1.61. The minimum atomic E-state index is -0.484. The van der Waals surface area contributed by atoms with Gasteiger partial charge < -0.3 is 15.8 Å². The summed E-state index contributed by atoms with van der Waals surface area (Å²) in [6.07, 6.45) is 0.824. The second-order valence-corrected chi connectivity index (χ2v) is 4.03. The molecule has 1 rings (SSSR count). The van der Waals surface area contributed by atoms with E-state index < -0.39 is 6.04 Å². The van der Waals surface area contributed by atoms with Crippen LogP contribution in [0.25, 0.3) is 0 Å². The molecule has 1 aromatic rings. The highest BCUT2D eigenvalue weighted by atomic mass is 16.5. The Morgan fingerprint density at radius 2 is 2.00 bits per heavy atom. The Morgan fingerprint density at radius 3 is 2.41 bits per heavy atom. The summed E-state index contributed by atoms with van der Waals surface area (Å²) in [4.78, 5) is 11.5. The van der Waals surface area contributed by atoms with Gasteiger partial charge in [0.05, 0.1) is 19.2 Å². The van der Waals surface area contributed by atoms with Gasteiger partial charge >= 0.3 is 0 Å². The van der Waals surface area contributed by atoms with E-state index in [0.717, 1.165) is 17.7 Å². The molecule has 1 aromatic carbocycles. The Bertz CT molecular complexity index is 360. The number of hydrogen-bond donors (Lipinski definition) is 2. The predicted molar refractivity (Wildman–Crippen MR) is 67.8 cm³/mol. The van der Waals surface area contributed by atoms with Gasteiger partial charge in [0.25, 0.3) is 0 Å². The van der Waals surface area contributed by atoms with E-state index in [1.54, 1.807) is 14.0 Å². The molecule has 94 valence electrons. The van der Waals surface area contributed by atoms with Crippen molar-refractivity contribution < 1.29 is 9.53 Å². The smallest absolute Gasteiger partial charge is 0.237 e. The highest BCUT2D eigenvalue weighted by Crippen LogP contribution is 2.19. The fraction of sp³-hybridized carbons (Fsp3) is 0.462. The molecule has 0 aromatic heterocycles. The zero-order chi connectivity index (χ0) is 12.8. The molecule has 0 saturated heterocycles. The summed E-state index contributed by atoms with van der Waals surface area (Å²) < 4.78 is 5.09. The van der Waals surface area contributed by atoms with Gasteiger partial charge in [-0.25, -0.2) is 0 Å². The Labute approximate surface area is 102 Å². The lowest BCUT2D eigenvalue weighted by Gasteiger charge is -2.19. The molecule has 2 unspecified atom stereocenters. The molecule has 0 heterocycles. The Kier molecular flexibility index (Phi) is 4.97. The maximum Gasteiger partial charge on any atom is 0.237 e. The van der Waals surface area contributed by atoms with Gasteiger partial charge in [0.15, 0.2) is 0 Å². The number of nitrogens with one attached hydrogen (secondary N) is 1. The standard InChI is InChI=1S/C13H20N2O2/c1-4-12(15-13(16)9(2)14)10-5-7-11(17-3)8-6-10/h5-9,12H,4,14H2,1-3H3,(H,15,16). The van der Waals surface area contributed by atoms with E-state index in [2.05, 4.69) is 5.32 Å². The van der Waals surface area contributed by atoms with Crippen LogP contribution in [0, 0.1) is 0 Å². The molecule has 0 aliphatic rings. The Hall–Kier alpha value is -1.55. The van der Waals surface area contributed by atoms with E-state index in [9.17, 15) is 4.79 Å². The first-order valence-electron chi connectivity index (χ1n) is 5.78. The van der Waals surface area contributed by atoms with Crippen molar-refractivity contribution in [1.29, 1.82) is 0 Å². The van der Waals surface area contributed by atoms with Crippen LogP contribution >= 0.6 is 0 Å². The molecule has 0 fully saturated rings. The average molecular weight is 236 g/mol. The molecule has 4 nitrogen and oxygen atoms in total. The summed E-state index contributed by atoms with van der Waals surface area (Å²) in [6, 6.07) is 7.19. The molecule has 1 amide bonds. The van der Waals surface area contributed by atoms with Gasteiger partial charge in [0.1, 0.15) is 5.75 Å². The fourth-order valence-electron chi connectivity index (χ4n) is 1.56. The van der Waals surface area contributed by atoms with Gasteiger partial charge in [-0.3, -0.25) is 4.79 Å². The van der Waals surface area contributed by atoms with Gasteiger partial charge in [0, 0.05) is 0 Å². The summed E-state index contributed by atoms with van der Waals surface area (Å²) in [7, 11) is 1.63. The molecule has 0 aliphatic carbocycles. The van der Waals surface area contributed by atoms with Crippen LogP contribution in [0.1, 0.15) is 31.9 Å². The lowest BCUT2D eigenvalue weighted by Crippen LogP contribution is -2.40. The largest absolute Gasteiger partial charge is 0.497 e. The van der Waals surface area contributed by atoms with Gasteiger partial charge in [-0.05, 0) is 31.0 Å². The molecule has 0 bridgehead atoms. The zero-order valence-corrected chi connectivity index (χ0v) is 10.6. The molecule has 0 saturated carbocycles. The van der Waals surface area contributed by atoms with Crippen LogP contribution in [0.4, 0.5) is 0 Å². The number of hydrogen-bond acceptors (Lipinski definition) is 3. The van der Waals surface area contributed by atoms with E-state index in [1.807, 2.05) is 31.2 Å². The summed E-state index contributed by atoms with van der Waals surface area (Å²) in [6.45, 7) is 3.70. The number of nitrogens with two attached hydrogens (primary N) is 1. The lowest BCUT2D eigenvalue weighted by molar-refractivity contribution is -0.122. The summed E-state index contributed by atoms with van der Waals surface area (Å²) in [5.74, 6) is 0.676. The molecule has 4 heteroatoms. The molecule has 0 radical (unpaired) electrons. The normalized spacial score (nSPS) is 13.9. The first-order valence-corrected chi connectivity index (χ1v) is 5.78. The monoisotopic (exact) mass is 236 g/mol. The SMILES string of the molecule is CCC(NC(=O)C(C)N)c1ccc(OC)cc1. The molecule has 0 aliphatic heterocycles. The van der Waals surface area contributed by atoms with Crippen molar-refractivity contribution in [3.05, 3.63) is 29.8 Å². The Morgan fingerprint density at radius 1 is 1.41 bits per heavy atom. The molecule has 17 heavy (non-hydrogen) atoms. The van der Waals surface area contributed by atoms with Crippen molar-refractivity contribution in [3.8, 4) is 5.75 Å². The van der Waals surface area contributed by atoms with Gasteiger partial charge in [-0.1, -0.05) is 19.1 Å². The van der Waals surface area contributed by atoms with Crippen LogP contribution < -0.4 is 15.8 Å². The van der Waals surface area contributed by atoms with Crippen molar-refractivity contribution >= 4 is 5.91 Å². The maximum absolute atomic E-state index is 11.5. The minimum absolute atomic E-state index is 0.000550. The zero-order valence-electron chi connectivity index (χ0n) is 10.6. The fourth-order valence-corrected chi connectivity index (χ4v) is 1.56. The third-order valence-electron chi connectivity index (χ3n) is 2.66. The number of methoxy groups -OCH3 is 1. The number of rotatable bonds is 5. The third kappa shape index (κ3) is 3.75. The second-order valence-electron chi connectivity index (χ2n) is 4.03. The van der Waals surface area contributed by atoms with Crippen LogP contribution in [0.5, 0.6) is 5.75 Å². The molecule has 2 atom stereocenters. The van der Waals surface area contributed by atoms with E-state index >= 15 is 0 Å². The summed E-state index contributed by atoms with van der Waals surface area (Å²) in [5, 5.41) is 2.92. The van der Waals surface area contributed by atoms with Crippen molar-refractivity contribution in [3.63, 3.8) is 0 Å². The third-order valence-corrected chi connectivity index (χ3v) is 2.66. The minimum Gasteiger partial charge on any atom is -0.497 e. The van der Waals surface area contributed by atoms with Crippen molar-refractivity contribution in [2.24, 2.45) is 5.73 Å². The number of benzene rings is 1. The van der Waals surface area contributed by atoms with Gasteiger partial charge in [0.2, 0.25) is 5.91 Å². The van der Waals surface area contributed by atoms with Crippen molar-refractivity contribution in [2.45, 2.75) is 32.4 Å². The highest BCUT2D eigenvalue weighted by Gasteiger charge is 2.14. The van der Waals surface area contributed by atoms with Crippen LogP contribution in [0.2, 0.25) is 0 Å². The molecule has 3 N–H and O–H groups in total. The van der Waals surface area contributed by atoms with Crippen molar-refractivity contribution in [2.75, 3.05) is 7.11 Å². The van der Waals surface area contributed by atoms with E-state index in [0.29, 0.717) is 0 Å². The van der Waals surface area contributed by atoms with Crippen LogP contribution in [0.3, 0.4) is 0 Å². The molecular weight excluding hydrogens is 216 g/mol. The topological polar surface area (TPSA) is 64.4 Å². The van der Waals surface area contributed by atoms with E-state index in [1.165, 1.54) is 0 Å². The Balaban J connectivity index is 2.75. The summed E-state index contributed by atoms with van der Waals surface area (Å²) >= 11 is 0. The quantitative estimate of drug-likeness (QED) is 0.816. The summed E-state index contributed by atoms with van der Waals surface area (Å²) in [5.41, 5.74) is 6.59. The average Bonchev–Trinajstić information content (AvgIpc) is 2.35. The van der Waals surface area contributed by atoms with Crippen LogP contribution in [-0.4, -0.2) is 19.1 Å². The van der Waals surface area contributed by atoms with E-state index in [-0.39, 0.29) is 11.9 Å². The first kappa shape index (κ1) is 13.5. The number of amides is 1. The molecular formula is C13H20N2O2. The molecule has 0 spiro atoms. The van der Waals surface area contributed by atoms with Gasteiger partial charge in [-0.15, -0.1) is 0 Å². The number of carbonyl (C=O) groups excluding carboxylic acids is 1.